The van der Waals surface area contributed by atoms with Crippen LogP contribution in [0.4, 0.5) is 0 Å². The Morgan fingerprint density at radius 3 is 2.40 bits per heavy atom. The van der Waals surface area contributed by atoms with Crippen LogP contribution in [-0.2, 0) is 0 Å². The predicted octanol–water partition coefficient (Wildman–Crippen LogP) is 2.55. The van der Waals surface area contributed by atoms with Crippen molar-refractivity contribution >= 4 is 0 Å². The lowest BCUT2D eigenvalue weighted by atomic mass is 9.90. The molecule has 0 aliphatic rings. The molecule has 0 saturated carbocycles. The first-order chi connectivity index (χ1) is 6.93. The zero-order chi connectivity index (χ0) is 11.9. The lowest BCUT2D eigenvalue weighted by Crippen LogP contribution is -2.30. The van der Waals surface area contributed by atoms with E-state index < -0.39 is 0 Å². The Hall–Kier alpha value is -1.06. The first kappa shape index (κ1) is 13.9. The van der Waals surface area contributed by atoms with Crippen LogP contribution in [0.3, 0.4) is 0 Å². The Labute approximate surface area is 93.3 Å². The summed E-state index contributed by atoms with van der Waals surface area (Å²) in [6.45, 7) is 6.93. The Morgan fingerprint density at radius 1 is 1.33 bits per heavy atom. The number of rotatable bonds is 6. The maximum atomic E-state index is 8.85. The third-order valence-corrected chi connectivity index (χ3v) is 2.75. The van der Waals surface area contributed by atoms with Crippen LogP contribution in [0, 0.1) is 28.1 Å². The molecule has 0 aliphatic carbocycles. The van der Waals surface area contributed by atoms with Crippen molar-refractivity contribution in [1.82, 2.24) is 4.90 Å². The summed E-state index contributed by atoms with van der Waals surface area (Å²) in [7, 11) is 2.03. The topological polar surface area (TPSA) is 50.8 Å². The molecule has 0 N–H and O–H groups in total. The maximum Gasteiger partial charge on any atom is 0.0683 e. The standard InChI is InChI=1S/C12H21N3/c1-11(6-8-13)15(4)9-5-7-12(2,3)10-14/h11H,5-7,9H2,1-4H3. The molecule has 3 nitrogen and oxygen atoms in total. The summed E-state index contributed by atoms with van der Waals surface area (Å²) in [6.07, 6.45) is 2.48. The van der Waals surface area contributed by atoms with Gasteiger partial charge < -0.3 is 4.90 Å². The highest BCUT2D eigenvalue weighted by Crippen LogP contribution is 2.20. The van der Waals surface area contributed by atoms with E-state index >= 15 is 0 Å². The first-order valence-electron chi connectivity index (χ1n) is 5.41. The summed E-state index contributed by atoms with van der Waals surface area (Å²) in [5.74, 6) is 0. The fraction of sp³-hybridized carbons (Fsp3) is 0.833. The molecule has 84 valence electrons. The Bertz CT molecular complexity index is 257. The van der Waals surface area contributed by atoms with E-state index in [9.17, 15) is 0 Å². The summed E-state index contributed by atoms with van der Waals surface area (Å²) < 4.78 is 0. The second-order valence-corrected chi connectivity index (χ2v) is 4.79. The third kappa shape index (κ3) is 6.10. The van der Waals surface area contributed by atoms with E-state index in [2.05, 4.69) is 24.0 Å². The van der Waals surface area contributed by atoms with E-state index in [1.807, 2.05) is 20.9 Å². The van der Waals surface area contributed by atoms with Gasteiger partial charge in [-0.2, -0.15) is 10.5 Å². The van der Waals surface area contributed by atoms with Crippen LogP contribution in [0.5, 0.6) is 0 Å². The fourth-order valence-electron chi connectivity index (χ4n) is 1.33. The number of nitrogens with zero attached hydrogens (tertiary/aromatic N) is 3. The van der Waals surface area contributed by atoms with Gasteiger partial charge in [-0.05, 0) is 47.2 Å². The van der Waals surface area contributed by atoms with Crippen molar-refractivity contribution in [2.75, 3.05) is 13.6 Å². The summed E-state index contributed by atoms with van der Waals surface area (Å²) in [4.78, 5) is 2.18. The molecule has 1 atom stereocenters. The molecule has 0 heterocycles. The van der Waals surface area contributed by atoms with Crippen molar-refractivity contribution in [1.29, 1.82) is 10.5 Å². The lowest BCUT2D eigenvalue weighted by molar-refractivity contribution is 0.245. The molecule has 0 aromatic carbocycles. The molecule has 0 fully saturated rings. The number of hydrogen-bond acceptors (Lipinski definition) is 3. The highest BCUT2D eigenvalue weighted by molar-refractivity contribution is 4.91. The monoisotopic (exact) mass is 207 g/mol. The average Bonchev–Trinajstić information content (AvgIpc) is 2.18. The van der Waals surface area contributed by atoms with Crippen molar-refractivity contribution in [3.05, 3.63) is 0 Å². The van der Waals surface area contributed by atoms with Crippen LogP contribution >= 0.6 is 0 Å². The van der Waals surface area contributed by atoms with Gasteiger partial charge >= 0.3 is 0 Å². The second-order valence-electron chi connectivity index (χ2n) is 4.79. The van der Waals surface area contributed by atoms with Crippen LogP contribution in [0.25, 0.3) is 0 Å². The molecule has 0 spiro atoms. The van der Waals surface area contributed by atoms with Gasteiger partial charge in [-0.3, -0.25) is 0 Å². The van der Waals surface area contributed by atoms with Crippen molar-refractivity contribution in [2.45, 2.75) is 46.1 Å². The predicted molar refractivity (Wildman–Crippen MR) is 61.0 cm³/mol. The highest BCUT2D eigenvalue weighted by Gasteiger charge is 2.16. The molecule has 15 heavy (non-hydrogen) atoms. The van der Waals surface area contributed by atoms with Gasteiger partial charge in [0.15, 0.2) is 0 Å². The molecular formula is C12H21N3. The Kier molecular flexibility index (Phi) is 5.97. The fourth-order valence-corrected chi connectivity index (χ4v) is 1.33. The normalized spacial score (nSPS) is 13.3. The molecule has 0 radical (unpaired) electrons. The second kappa shape index (κ2) is 6.43. The summed E-state index contributed by atoms with van der Waals surface area (Å²) >= 11 is 0. The van der Waals surface area contributed by atoms with Gasteiger partial charge in [-0.25, -0.2) is 0 Å². The first-order valence-corrected chi connectivity index (χ1v) is 5.41. The van der Waals surface area contributed by atoms with E-state index in [1.54, 1.807) is 0 Å². The van der Waals surface area contributed by atoms with Gasteiger partial charge in [-0.15, -0.1) is 0 Å². The minimum atomic E-state index is -0.223. The highest BCUT2D eigenvalue weighted by atomic mass is 15.1. The van der Waals surface area contributed by atoms with Gasteiger partial charge in [0.2, 0.25) is 0 Å². The largest absolute Gasteiger partial charge is 0.303 e. The number of nitriles is 2. The summed E-state index contributed by atoms with van der Waals surface area (Å²) in [5, 5.41) is 17.4. The van der Waals surface area contributed by atoms with Crippen molar-refractivity contribution in [3.8, 4) is 12.1 Å². The molecule has 0 rings (SSSR count). The van der Waals surface area contributed by atoms with Gasteiger partial charge in [0.1, 0.15) is 0 Å². The van der Waals surface area contributed by atoms with Crippen molar-refractivity contribution < 1.29 is 0 Å². The van der Waals surface area contributed by atoms with Crippen LogP contribution in [0.2, 0.25) is 0 Å². The van der Waals surface area contributed by atoms with Crippen LogP contribution in [-0.4, -0.2) is 24.5 Å². The van der Waals surface area contributed by atoms with Crippen molar-refractivity contribution in [2.24, 2.45) is 5.41 Å². The van der Waals surface area contributed by atoms with Gasteiger partial charge in [-0.1, -0.05) is 0 Å². The quantitative estimate of drug-likeness (QED) is 0.672. The molecular weight excluding hydrogens is 186 g/mol. The average molecular weight is 207 g/mol. The minimum absolute atomic E-state index is 0.223. The molecule has 0 aliphatic heterocycles. The van der Waals surface area contributed by atoms with Gasteiger partial charge in [0.25, 0.3) is 0 Å². The zero-order valence-corrected chi connectivity index (χ0v) is 10.2. The molecule has 0 amide bonds. The molecule has 0 aromatic heterocycles. The molecule has 3 heteroatoms. The van der Waals surface area contributed by atoms with Crippen LogP contribution < -0.4 is 0 Å². The van der Waals surface area contributed by atoms with E-state index in [0.29, 0.717) is 12.5 Å². The molecule has 0 bridgehead atoms. The third-order valence-electron chi connectivity index (χ3n) is 2.75. The number of hydrogen-bond donors (Lipinski definition) is 0. The van der Waals surface area contributed by atoms with E-state index in [0.717, 1.165) is 19.4 Å². The Balaban J connectivity index is 3.79. The van der Waals surface area contributed by atoms with E-state index in [1.165, 1.54) is 0 Å². The molecule has 0 saturated heterocycles. The van der Waals surface area contributed by atoms with E-state index in [-0.39, 0.29) is 5.41 Å². The van der Waals surface area contributed by atoms with Gasteiger partial charge in [0, 0.05) is 6.04 Å². The van der Waals surface area contributed by atoms with Crippen molar-refractivity contribution in [3.63, 3.8) is 0 Å². The summed E-state index contributed by atoms with van der Waals surface area (Å²) in [6, 6.07) is 4.78. The SMILES string of the molecule is CC(CC#N)N(C)CCCC(C)(C)C#N. The van der Waals surface area contributed by atoms with Gasteiger partial charge in [0.05, 0.1) is 24.0 Å². The minimum Gasteiger partial charge on any atom is -0.303 e. The Morgan fingerprint density at radius 2 is 1.93 bits per heavy atom. The maximum absolute atomic E-state index is 8.85. The zero-order valence-electron chi connectivity index (χ0n) is 10.2. The van der Waals surface area contributed by atoms with Crippen LogP contribution in [0.1, 0.15) is 40.0 Å². The smallest absolute Gasteiger partial charge is 0.0683 e. The lowest BCUT2D eigenvalue weighted by Gasteiger charge is -2.24. The molecule has 1 unspecified atom stereocenters. The summed E-state index contributed by atoms with van der Waals surface area (Å²) in [5.41, 5.74) is -0.223. The molecule has 0 aromatic rings. The van der Waals surface area contributed by atoms with Crippen LogP contribution in [0.15, 0.2) is 0 Å². The van der Waals surface area contributed by atoms with E-state index in [4.69, 9.17) is 10.5 Å².